The third-order valence-electron chi connectivity index (χ3n) is 4.00. The maximum Gasteiger partial charge on any atom is 0.335 e. The summed E-state index contributed by atoms with van der Waals surface area (Å²) in [6.45, 7) is 3.68. The van der Waals surface area contributed by atoms with Gasteiger partial charge in [-0.25, -0.2) is 14.8 Å². The van der Waals surface area contributed by atoms with Crippen molar-refractivity contribution in [1.82, 2.24) is 20.0 Å². The topological polar surface area (TPSA) is 129 Å². The van der Waals surface area contributed by atoms with Gasteiger partial charge in [0, 0.05) is 12.4 Å². The Kier molecular flexibility index (Phi) is 5.16. The fourth-order valence-corrected chi connectivity index (χ4v) is 2.65. The molecule has 0 bridgehead atoms. The zero-order valence-electron chi connectivity index (χ0n) is 15.1. The number of benzene rings is 1. The van der Waals surface area contributed by atoms with Crippen LogP contribution >= 0.6 is 0 Å². The minimum absolute atomic E-state index is 0.272. The number of nitrogens with zero attached hydrogens (tertiary/aromatic N) is 3. The highest BCUT2D eigenvalue weighted by atomic mass is 16.3. The first-order chi connectivity index (χ1) is 13.4. The molecule has 0 radical (unpaired) electrons. The van der Waals surface area contributed by atoms with Crippen LogP contribution < -0.4 is 16.7 Å². The van der Waals surface area contributed by atoms with Crippen LogP contribution in [0.1, 0.15) is 27.0 Å². The van der Waals surface area contributed by atoms with Crippen molar-refractivity contribution in [3.63, 3.8) is 0 Å². The monoisotopic (exact) mass is 379 g/mol. The molecule has 1 aromatic carbocycles. The first kappa shape index (κ1) is 18.8. The SMILES string of the molecule is Cc1ccc(-n2c(O)c(/C=N/NC(=O)c3cccnc3)c(=O)[nH]c2=O)c(C)c1. The summed E-state index contributed by atoms with van der Waals surface area (Å²) < 4.78 is 0.973. The van der Waals surface area contributed by atoms with Gasteiger partial charge in [-0.3, -0.25) is 19.6 Å². The summed E-state index contributed by atoms with van der Waals surface area (Å²) in [7, 11) is 0. The molecular formula is C19H17N5O4. The largest absolute Gasteiger partial charge is 0.493 e. The van der Waals surface area contributed by atoms with Crippen LogP contribution in [0.2, 0.25) is 0 Å². The summed E-state index contributed by atoms with van der Waals surface area (Å²) in [5.41, 5.74) is 2.75. The molecule has 142 valence electrons. The van der Waals surface area contributed by atoms with Crippen LogP contribution in [0.4, 0.5) is 0 Å². The van der Waals surface area contributed by atoms with E-state index < -0.39 is 23.0 Å². The number of rotatable bonds is 4. The van der Waals surface area contributed by atoms with Gasteiger partial charge >= 0.3 is 5.69 Å². The van der Waals surface area contributed by atoms with Crippen molar-refractivity contribution in [2.45, 2.75) is 13.8 Å². The Morgan fingerprint density at radius 2 is 2.07 bits per heavy atom. The maximum absolute atomic E-state index is 12.2. The van der Waals surface area contributed by atoms with E-state index in [0.29, 0.717) is 5.69 Å². The highest BCUT2D eigenvalue weighted by Crippen LogP contribution is 2.19. The van der Waals surface area contributed by atoms with Gasteiger partial charge in [-0.15, -0.1) is 0 Å². The van der Waals surface area contributed by atoms with Crippen LogP contribution in [0.25, 0.3) is 5.69 Å². The van der Waals surface area contributed by atoms with Gasteiger partial charge in [-0.2, -0.15) is 5.10 Å². The number of H-pyrrole nitrogens is 1. The standard InChI is InChI=1S/C19H17N5O4/c1-11-5-6-15(12(2)8-11)24-18(27)14(17(26)22-19(24)28)10-21-23-16(25)13-4-3-7-20-9-13/h3-10,27H,1-2H3,(H,23,25)(H,22,26,28)/b21-10+. The quantitative estimate of drug-likeness (QED) is 0.460. The third-order valence-corrected chi connectivity index (χ3v) is 4.00. The second-order valence-electron chi connectivity index (χ2n) is 6.06. The molecule has 3 rings (SSSR count). The number of nitrogens with one attached hydrogen (secondary N) is 2. The lowest BCUT2D eigenvalue weighted by Crippen LogP contribution is -2.32. The smallest absolute Gasteiger partial charge is 0.335 e. The van der Waals surface area contributed by atoms with Crippen LogP contribution in [0.3, 0.4) is 0 Å². The molecule has 2 aromatic heterocycles. The molecule has 9 heteroatoms. The van der Waals surface area contributed by atoms with E-state index >= 15 is 0 Å². The Labute approximate surface area is 159 Å². The van der Waals surface area contributed by atoms with Crippen molar-refractivity contribution in [2.75, 3.05) is 0 Å². The van der Waals surface area contributed by atoms with Crippen LogP contribution in [0, 0.1) is 13.8 Å². The number of pyridine rings is 1. The molecule has 0 atom stereocenters. The summed E-state index contributed by atoms with van der Waals surface area (Å²) in [6.07, 6.45) is 3.85. The van der Waals surface area contributed by atoms with E-state index in [0.717, 1.165) is 21.9 Å². The Bertz CT molecular complexity index is 1180. The third kappa shape index (κ3) is 3.73. The number of aromatic nitrogens is 3. The van der Waals surface area contributed by atoms with Crippen molar-refractivity contribution in [1.29, 1.82) is 0 Å². The van der Waals surface area contributed by atoms with Gasteiger partial charge in [0.25, 0.3) is 11.5 Å². The second-order valence-corrected chi connectivity index (χ2v) is 6.06. The molecule has 2 heterocycles. The second kappa shape index (κ2) is 7.70. The fourth-order valence-electron chi connectivity index (χ4n) is 2.65. The maximum atomic E-state index is 12.2. The van der Waals surface area contributed by atoms with E-state index in [1.807, 2.05) is 13.0 Å². The molecular weight excluding hydrogens is 362 g/mol. The molecule has 0 aliphatic heterocycles. The summed E-state index contributed by atoms with van der Waals surface area (Å²) in [5, 5.41) is 14.2. The van der Waals surface area contributed by atoms with Crippen LogP contribution in [0.15, 0.2) is 57.4 Å². The van der Waals surface area contributed by atoms with Gasteiger partial charge in [0.15, 0.2) is 0 Å². The van der Waals surface area contributed by atoms with Crippen molar-refractivity contribution in [2.24, 2.45) is 5.10 Å². The molecule has 0 aliphatic rings. The molecule has 0 saturated heterocycles. The number of aromatic amines is 1. The van der Waals surface area contributed by atoms with E-state index in [9.17, 15) is 19.5 Å². The average molecular weight is 379 g/mol. The molecule has 3 N–H and O–H groups in total. The average Bonchev–Trinajstić information content (AvgIpc) is 2.66. The van der Waals surface area contributed by atoms with Gasteiger partial charge in [0.05, 0.1) is 17.5 Å². The van der Waals surface area contributed by atoms with Gasteiger partial charge in [0.1, 0.15) is 5.56 Å². The first-order valence-electron chi connectivity index (χ1n) is 8.28. The zero-order chi connectivity index (χ0) is 20.3. The number of hydrogen-bond acceptors (Lipinski definition) is 6. The van der Waals surface area contributed by atoms with E-state index in [1.165, 1.54) is 12.4 Å². The Morgan fingerprint density at radius 1 is 1.29 bits per heavy atom. The van der Waals surface area contributed by atoms with E-state index in [4.69, 9.17) is 0 Å². The fraction of sp³-hybridized carbons (Fsp3) is 0.105. The highest BCUT2D eigenvalue weighted by Gasteiger charge is 2.16. The molecule has 0 saturated carbocycles. The number of aromatic hydroxyl groups is 1. The van der Waals surface area contributed by atoms with Crippen LogP contribution in [-0.4, -0.2) is 31.8 Å². The van der Waals surface area contributed by atoms with Crippen LogP contribution in [0.5, 0.6) is 5.88 Å². The molecule has 0 unspecified atom stereocenters. The lowest BCUT2D eigenvalue weighted by Gasteiger charge is -2.12. The van der Waals surface area contributed by atoms with Crippen molar-refractivity contribution < 1.29 is 9.90 Å². The Morgan fingerprint density at radius 3 is 2.75 bits per heavy atom. The number of carbonyl (C=O) groups excluding carboxylic acids is 1. The van der Waals surface area contributed by atoms with Gasteiger partial charge in [-0.05, 0) is 37.6 Å². The number of hydrazone groups is 1. The summed E-state index contributed by atoms with van der Waals surface area (Å²) in [5.74, 6) is -1.12. The minimum Gasteiger partial charge on any atom is -0.493 e. The van der Waals surface area contributed by atoms with E-state index in [2.05, 4.69) is 20.5 Å². The number of aryl methyl sites for hydroxylation is 2. The summed E-state index contributed by atoms with van der Waals surface area (Å²) in [4.78, 5) is 42.2. The van der Waals surface area contributed by atoms with Crippen molar-refractivity contribution >= 4 is 12.1 Å². The molecule has 0 spiro atoms. The molecule has 9 nitrogen and oxygen atoms in total. The molecule has 3 aromatic rings. The van der Waals surface area contributed by atoms with Crippen molar-refractivity contribution in [3.8, 4) is 11.6 Å². The zero-order valence-corrected chi connectivity index (χ0v) is 15.1. The Balaban J connectivity index is 1.97. The lowest BCUT2D eigenvalue weighted by molar-refractivity contribution is 0.0954. The first-order valence-corrected chi connectivity index (χ1v) is 8.28. The lowest BCUT2D eigenvalue weighted by atomic mass is 10.1. The van der Waals surface area contributed by atoms with Gasteiger partial charge in [-0.1, -0.05) is 17.7 Å². The normalized spacial score (nSPS) is 10.9. The summed E-state index contributed by atoms with van der Waals surface area (Å²) >= 11 is 0. The predicted molar refractivity (Wildman–Crippen MR) is 103 cm³/mol. The molecule has 0 fully saturated rings. The molecule has 0 aliphatic carbocycles. The summed E-state index contributed by atoms with van der Waals surface area (Å²) in [6, 6.07) is 8.42. The van der Waals surface area contributed by atoms with Crippen LogP contribution in [-0.2, 0) is 0 Å². The van der Waals surface area contributed by atoms with E-state index in [1.54, 1.807) is 31.2 Å². The van der Waals surface area contributed by atoms with Gasteiger partial charge in [0.2, 0.25) is 5.88 Å². The predicted octanol–water partition coefficient (Wildman–Crippen LogP) is 1.01. The van der Waals surface area contributed by atoms with Crippen molar-refractivity contribution in [3.05, 3.63) is 85.8 Å². The molecule has 1 amide bonds. The minimum atomic E-state index is -0.831. The number of carbonyl (C=O) groups is 1. The highest BCUT2D eigenvalue weighted by molar-refractivity contribution is 5.94. The van der Waals surface area contributed by atoms with E-state index in [-0.39, 0.29) is 11.1 Å². The Hall–Kier alpha value is -4.01. The number of amides is 1. The molecule has 28 heavy (non-hydrogen) atoms. The number of hydrogen-bond donors (Lipinski definition) is 3. The van der Waals surface area contributed by atoms with Gasteiger partial charge < -0.3 is 5.11 Å².